The molecule has 0 saturated carbocycles. The molecule has 3 unspecified atom stereocenters. The van der Waals surface area contributed by atoms with Gasteiger partial charge in [0.05, 0.1) is 40.6 Å². The molecule has 0 radical (unpaired) electrons. The Hall–Kier alpha value is -3.60. The highest BCUT2D eigenvalue weighted by molar-refractivity contribution is 6.30. The highest BCUT2D eigenvalue weighted by Gasteiger charge is 2.84. The summed E-state index contributed by atoms with van der Waals surface area (Å²) in [6.45, 7) is 1.24. The number of fused-ring (bicyclic) bond motifs is 5. The first kappa shape index (κ1) is 26.0. The van der Waals surface area contributed by atoms with E-state index in [0.29, 0.717) is 16.0 Å². The number of nitrogens with zero attached hydrogens (tertiary/aromatic N) is 5. The number of aromatic nitrogens is 1. The summed E-state index contributed by atoms with van der Waals surface area (Å²) < 4.78 is 52.5. The summed E-state index contributed by atoms with van der Waals surface area (Å²) in [7, 11) is 0. The van der Waals surface area contributed by atoms with Gasteiger partial charge in [-0.15, -0.1) is 0 Å². The largest absolute Gasteiger partial charge is 0.711 e. The van der Waals surface area contributed by atoms with Gasteiger partial charge in [0.15, 0.2) is 5.54 Å². The van der Waals surface area contributed by atoms with Crippen LogP contribution in [-0.4, -0.2) is 51.4 Å². The third-order valence-corrected chi connectivity index (χ3v) is 7.81. The van der Waals surface area contributed by atoms with Crippen molar-refractivity contribution in [3.63, 3.8) is 0 Å². The maximum atomic E-state index is 13.9. The molecular formula is C24H18ClF3N5O5-. The van der Waals surface area contributed by atoms with Crippen molar-refractivity contribution in [3.05, 3.63) is 58.2 Å². The maximum absolute atomic E-state index is 13.9. The third-order valence-electron chi connectivity index (χ3n) is 7.58. The molecule has 2 amide bonds. The number of halogens is 4. The summed E-state index contributed by atoms with van der Waals surface area (Å²) in [6.07, 6.45) is -5.21. The van der Waals surface area contributed by atoms with Gasteiger partial charge in [0.25, 0.3) is 5.91 Å². The second-order valence-corrected chi connectivity index (χ2v) is 9.97. The number of aliphatic hydroxyl groups is 1. The number of hydrogen-bond donors (Lipinski definition) is 1. The second-order valence-electron chi connectivity index (χ2n) is 9.53. The summed E-state index contributed by atoms with van der Waals surface area (Å²) in [4.78, 5) is 32.0. The number of amides is 2. The Bertz CT molecular complexity index is 1400. The Kier molecular flexibility index (Phi) is 5.79. The molecule has 5 atom stereocenters. The van der Waals surface area contributed by atoms with Crippen molar-refractivity contribution < 1.29 is 37.3 Å². The zero-order valence-electron chi connectivity index (χ0n) is 19.6. The third kappa shape index (κ3) is 3.37. The molecule has 0 aliphatic carbocycles. The summed E-state index contributed by atoms with van der Waals surface area (Å²) in [5, 5.41) is 23.7. The quantitative estimate of drug-likeness (QED) is 0.428. The number of pyridine rings is 1. The van der Waals surface area contributed by atoms with Crippen LogP contribution in [0.2, 0.25) is 5.02 Å². The van der Waals surface area contributed by atoms with Crippen LogP contribution in [0.15, 0.2) is 41.6 Å². The van der Waals surface area contributed by atoms with Gasteiger partial charge in [-0.1, -0.05) is 11.6 Å². The van der Waals surface area contributed by atoms with Gasteiger partial charge in [-0.05, 0) is 31.2 Å². The van der Waals surface area contributed by atoms with Crippen molar-refractivity contribution >= 4 is 29.1 Å². The van der Waals surface area contributed by atoms with Crippen molar-refractivity contribution in [1.29, 1.82) is 5.26 Å². The molecular weight excluding hydrogens is 531 g/mol. The zero-order chi connectivity index (χ0) is 27.7. The standard InChI is InChI=1S/C24H18ClF3N5O5/c1-21-16(34)9-22(38-21,6-7-37-17-5-3-13(25)11-31-17)23(32-30)18(21)19(35)33(20(23)36)14-4-2-12(10-29)15(8-14)24(26,27)28/h2-5,8,11,16,18,34H,6-7,9H2,1H3/q-1/t16-,18?,21?,22?,23-/m0/s1. The Morgan fingerprint density at radius 2 is 2.11 bits per heavy atom. The van der Waals surface area contributed by atoms with E-state index in [2.05, 4.69) is 10.1 Å². The van der Waals surface area contributed by atoms with Crippen molar-refractivity contribution in [3.8, 4) is 11.9 Å². The van der Waals surface area contributed by atoms with E-state index < -0.39 is 63.6 Å². The molecule has 1 aromatic carbocycles. The minimum absolute atomic E-state index is 0.140. The van der Waals surface area contributed by atoms with E-state index in [1.165, 1.54) is 31.3 Å². The van der Waals surface area contributed by atoms with Crippen LogP contribution >= 0.6 is 11.6 Å². The molecule has 1 N–H and O–H groups in total. The predicted molar refractivity (Wildman–Crippen MR) is 123 cm³/mol. The summed E-state index contributed by atoms with van der Waals surface area (Å²) in [6, 6.07) is 6.86. The average molecular weight is 549 g/mol. The topological polar surface area (TPSA) is 147 Å². The van der Waals surface area contributed by atoms with Gasteiger partial charge >= 0.3 is 6.18 Å². The molecule has 3 fully saturated rings. The number of ether oxygens (including phenoxy) is 2. The van der Waals surface area contributed by atoms with Gasteiger partial charge in [-0.25, -0.2) is 9.88 Å². The lowest BCUT2D eigenvalue weighted by molar-refractivity contribution is -0.138. The molecule has 2 aromatic rings. The molecule has 3 aliphatic rings. The van der Waals surface area contributed by atoms with Crippen molar-refractivity contribution in [2.45, 2.75) is 48.8 Å². The van der Waals surface area contributed by atoms with E-state index in [1.807, 2.05) is 0 Å². The first-order chi connectivity index (χ1) is 17.8. The monoisotopic (exact) mass is 548 g/mol. The first-order valence-corrected chi connectivity index (χ1v) is 11.7. The van der Waals surface area contributed by atoms with E-state index in [-0.39, 0.29) is 25.3 Å². The van der Waals surface area contributed by atoms with Crippen LogP contribution in [0.1, 0.15) is 30.9 Å². The first-order valence-electron chi connectivity index (χ1n) is 11.3. The molecule has 2 bridgehead atoms. The molecule has 38 heavy (non-hydrogen) atoms. The highest BCUT2D eigenvalue weighted by Crippen LogP contribution is 2.66. The number of hydrogen-bond acceptors (Lipinski definition) is 8. The lowest BCUT2D eigenvalue weighted by Gasteiger charge is -2.43. The Labute approximate surface area is 218 Å². The van der Waals surface area contributed by atoms with Crippen LogP contribution < -0.4 is 9.64 Å². The van der Waals surface area contributed by atoms with Crippen LogP contribution in [0.25, 0.3) is 5.53 Å². The van der Waals surface area contributed by atoms with E-state index in [0.717, 1.165) is 12.1 Å². The van der Waals surface area contributed by atoms with E-state index in [1.54, 1.807) is 0 Å². The SMILES string of the molecule is CC12OC(CCOc3ccc(Cl)cn3)(C[C@@H]1O)[C@@]1(N=[N-])C(=O)N(c3ccc(C#N)c(C(F)(F)F)c3)C(=O)C21. The zero-order valence-corrected chi connectivity index (χ0v) is 20.3. The number of aliphatic hydroxyl groups excluding tert-OH is 1. The maximum Gasteiger partial charge on any atom is 0.417 e. The van der Waals surface area contributed by atoms with Crippen LogP contribution in [-0.2, 0) is 20.5 Å². The van der Waals surface area contributed by atoms with Crippen molar-refractivity contribution in [1.82, 2.24) is 4.98 Å². The van der Waals surface area contributed by atoms with Gasteiger partial charge < -0.3 is 25.2 Å². The number of alkyl halides is 3. The predicted octanol–water partition coefficient (Wildman–Crippen LogP) is 3.64. The lowest BCUT2D eigenvalue weighted by Crippen LogP contribution is -2.61. The molecule has 10 nitrogen and oxygen atoms in total. The molecule has 0 spiro atoms. The normalized spacial score (nSPS) is 31.9. The van der Waals surface area contributed by atoms with Crippen LogP contribution in [0, 0.1) is 17.2 Å². The fraction of sp³-hybridized carbons (Fsp3) is 0.417. The van der Waals surface area contributed by atoms with E-state index in [4.69, 9.17) is 26.3 Å². The van der Waals surface area contributed by atoms with Crippen molar-refractivity contribution in [2.75, 3.05) is 11.5 Å². The smallest absolute Gasteiger partial charge is 0.417 e. The number of anilines is 1. The molecule has 3 aliphatic heterocycles. The number of carbonyl (C=O) groups is 2. The Balaban J connectivity index is 1.55. The number of rotatable bonds is 6. The fourth-order valence-corrected chi connectivity index (χ4v) is 6.01. The number of imide groups is 1. The highest BCUT2D eigenvalue weighted by atomic mass is 35.5. The number of nitriles is 1. The molecule has 14 heteroatoms. The minimum atomic E-state index is -4.94. The van der Waals surface area contributed by atoms with Gasteiger partial charge in [-0.2, -0.15) is 18.4 Å². The lowest BCUT2D eigenvalue weighted by atomic mass is 9.61. The van der Waals surface area contributed by atoms with Crippen LogP contribution in [0.5, 0.6) is 5.88 Å². The fourth-order valence-electron chi connectivity index (χ4n) is 5.90. The molecule has 4 heterocycles. The molecule has 3 saturated heterocycles. The van der Waals surface area contributed by atoms with Crippen LogP contribution in [0.4, 0.5) is 18.9 Å². The van der Waals surface area contributed by atoms with Crippen molar-refractivity contribution in [2.24, 2.45) is 11.0 Å². The Morgan fingerprint density at radius 3 is 2.71 bits per heavy atom. The minimum Gasteiger partial charge on any atom is -0.711 e. The van der Waals surface area contributed by atoms with Crippen LogP contribution in [0.3, 0.4) is 0 Å². The Morgan fingerprint density at radius 1 is 1.37 bits per heavy atom. The van der Waals surface area contributed by atoms with Gasteiger partial charge in [0.2, 0.25) is 11.8 Å². The van der Waals surface area contributed by atoms with E-state index in [9.17, 15) is 33.4 Å². The van der Waals surface area contributed by atoms with Gasteiger partial charge in [0.1, 0.15) is 17.1 Å². The molecule has 5 rings (SSSR count). The molecule has 198 valence electrons. The molecule has 1 aromatic heterocycles. The summed E-state index contributed by atoms with van der Waals surface area (Å²) in [5.41, 5.74) is 2.08. The van der Waals surface area contributed by atoms with Gasteiger partial charge in [-0.3, -0.25) is 9.59 Å². The second kappa shape index (κ2) is 8.45. The average Bonchev–Trinajstić information content (AvgIpc) is 3.37. The van der Waals surface area contributed by atoms with Gasteiger partial charge in [0, 0.05) is 25.1 Å². The summed E-state index contributed by atoms with van der Waals surface area (Å²) >= 11 is 5.82. The summed E-state index contributed by atoms with van der Waals surface area (Å²) in [5.74, 6) is -3.48. The number of benzene rings is 1. The van der Waals surface area contributed by atoms with E-state index >= 15 is 0 Å². The number of carbonyl (C=O) groups excluding carboxylic acids is 2.